The normalized spacial score (nSPS) is 15.3. The van der Waals surface area contributed by atoms with E-state index in [1.54, 1.807) is 27.0 Å². The second-order valence-corrected chi connectivity index (χ2v) is 5.20. The van der Waals surface area contributed by atoms with Crippen LogP contribution in [0.1, 0.15) is 34.6 Å². The molecule has 0 radical (unpaired) electrons. The number of hydrogen-bond acceptors (Lipinski definition) is 4. The van der Waals surface area contributed by atoms with Crippen molar-refractivity contribution in [1.82, 2.24) is 0 Å². The molecule has 0 saturated heterocycles. The SMILES string of the molecule is C=CC(C)(OC)C(C)(C)C(=O)OCCOC(C)C. The second-order valence-electron chi connectivity index (χ2n) is 5.20. The highest BCUT2D eigenvalue weighted by Crippen LogP contribution is 2.35. The van der Waals surface area contributed by atoms with E-state index in [1.807, 2.05) is 20.8 Å². The number of hydrogen-bond donors (Lipinski definition) is 0. The molecule has 0 spiro atoms. The van der Waals surface area contributed by atoms with Gasteiger partial charge in [-0.1, -0.05) is 6.08 Å². The minimum atomic E-state index is -0.804. The van der Waals surface area contributed by atoms with Crippen molar-refractivity contribution in [3.63, 3.8) is 0 Å². The molecule has 0 bridgehead atoms. The van der Waals surface area contributed by atoms with Gasteiger partial charge in [-0.3, -0.25) is 4.79 Å². The maximum absolute atomic E-state index is 12.1. The smallest absolute Gasteiger partial charge is 0.314 e. The molecule has 0 rings (SSSR count). The van der Waals surface area contributed by atoms with Crippen LogP contribution in [0.15, 0.2) is 12.7 Å². The largest absolute Gasteiger partial charge is 0.463 e. The number of carbonyl (C=O) groups excluding carboxylic acids is 1. The molecule has 0 aromatic heterocycles. The van der Waals surface area contributed by atoms with Crippen LogP contribution in [0.3, 0.4) is 0 Å². The third-order valence-electron chi connectivity index (χ3n) is 3.33. The maximum atomic E-state index is 12.1. The van der Waals surface area contributed by atoms with Crippen molar-refractivity contribution in [3.05, 3.63) is 12.7 Å². The van der Waals surface area contributed by atoms with Crippen LogP contribution in [0.2, 0.25) is 0 Å². The van der Waals surface area contributed by atoms with Gasteiger partial charge >= 0.3 is 5.97 Å². The van der Waals surface area contributed by atoms with E-state index in [2.05, 4.69) is 6.58 Å². The van der Waals surface area contributed by atoms with E-state index < -0.39 is 11.0 Å². The third kappa shape index (κ3) is 4.10. The molecule has 0 aromatic carbocycles. The van der Waals surface area contributed by atoms with Crippen molar-refractivity contribution in [2.75, 3.05) is 20.3 Å². The molecule has 0 N–H and O–H groups in total. The first kappa shape index (κ1) is 17.1. The Hall–Kier alpha value is -0.870. The summed E-state index contributed by atoms with van der Waals surface area (Å²) in [4.78, 5) is 12.1. The van der Waals surface area contributed by atoms with Gasteiger partial charge in [0.2, 0.25) is 0 Å². The quantitative estimate of drug-likeness (QED) is 0.381. The highest BCUT2D eigenvalue weighted by molar-refractivity contribution is 5.78. The van der Waals surface area contributed by atoms with Crippen LogP contribution in [-0.4, -0.2) is 38.0 Å². The van der Waals surface area contributed by atoms with Crippen molar-refractivity contribution in [2.45, 2.75) is 46.3 Å². The van der Waals surface area contributed by atoms with E-state index in [1.165, 1.54) is 0 Å². The predicted octanol–water partition coefficient (Wildman–Crippen LogP) is 2.57. The Labute approximate surface area is 110 Å². The van der Waals surface area contributed by atoms with Crippen molar-refractivity contribution >= 4 is 5.97 Å². The number of carbonyl (C=O) groups is 1. The lowest BCUT2D eigenvalue weighted by Gasteiger charge is -2.38. The highest BCUT2D eigenvalue weighted by Gasteiger charge is 2.46. The van der Waals surface area contributed by atoms with Crippen LogP contribution in [0.25, 0.3) is 0 Å². The highest BCUT2D eigenvalue weighted by atomic mass is 16.6. The molecule has 18 heavy (non-hydrogen) atoms. The average molecular weight is 258 g/mol. The summed E-state index contributed by atoms with van der Waals surface area (Å²) < 4.78 is 15.9. The van der Waals surface area contributed by atoms with Crippen molar-refractivity contribution in [1.29, 1.82) is 0 Å². The summed E-state index contributed by atoms with van der Waals surface area (Å²) in [5.41, 5.74) is -1.57. The molecule has 0 heterocycles. The first-order valence-electron chi connectivity index (χ1n) is 6.19. The predicted molar refractivity (Wildman–Crippen MR) is 71.4 cm³/mol. The summed E-state index contributed by atoms with van der Waals surface area (Å²) in [6.07, 6.45) is 1.76. The van der Waals surface area contributed by atoms with E-state index in [4.69, 9.17) is 14.2 Å². The van der Waals surface area contributed by atoms with Gasteiger partial charge in [-0.25, -0.2) is 0 Å². The minimum Gasteiger partial charge on any atom is -0.463 e. The van der Waals surface area contributed by atoms with E-state index in [0.717, 1.165) is 0 Å². The first-order valence-corrected chi connectivity index (χ1v) is 6.19. The van der Waals surface area contributed by atoms with Gasteiger partial charge in [0, 0.05) is 7.11 Å². The molecule has 0 aromatic rings. The number of ether oxygens (including phenoxy) is 3. The van der Waals surface area contributed by atoms with E-state index >= 15 is 0 Å². The van der Waals surface area contributed by atoms with Gasteiger partial charge in [0.05, 0.1) is 23.7 Å². The van der Waals surface area contributed by atoms with E-state index in [9.17, 15) is 4.79 Å². The Morgan fingerprint density at radius 2 is 1.83 bits per heavy atom. The van der Waals surface area contributed by atoms with Crippen molar-refractivity contribution in [2.24, 2.45) is 5.41 Å². The number of esters is 1. The molecule has 0 amide bonds. The summed E-state index contributed by atoms with van der Waals surface area (Å²) in [5.74, 6) is -0.320. The summed E-state index contributed by atoms with van der Waals surface area (Å²) in [5, 5.41) is 0. The molecule has 0 aliphatic carbocycles. The minimum absolute atomic E-state index is 0.133. The van der Waals surface area contributed by atoms with Gasteiger partial charge < -0.3 is 14.2 Å². The number of methoxy groups -OCH3 is 1. The van der Waals surface area contributed by atoms with Gasteiger partial charge in [0.25, 0.3) is 0 Å². The molecular weight excluding hydrogens is 232 g/mol. The Balaban J connectivity index is 4.43. The van der Waals surface area contributed by atoms with Gasteiger partial charge in [-0.15, -0.1) is 6.58 Å². The van der Waals surface area contributed by atoms with Crippen LogP contribution in [0.5, 0.6) is 0 Å². The lowest BCUT2D eigenvalue weighted by molar-refractivity contribution is -0.169. The molecular formula is C14H26O4. The molecule has 0 aliphatic heterocycles. The molecule has 1 unspecified atom stereocenters. The topological polar surface area (TPSA) is 44.8 Å². The molecule has 4 nitrogen and oxygen atoms in total. The van der Waals surface area contributed by atoms with Crippen LogP contribution in [0.4, 0.5) is 0 Å². The monoisotopic (exact) mass is 258 g/mol. The fourth-order valence-electron chi connectivity index (χ4n) is 1.39. The van der Waals surface area contributed by atoms with Crippen LogP contribution < -0.4 is 0 Å². The molecule has 0 aliphatic rings. The van der Waals surface area contributed by atoms with Gasteiger partial charge in [0.15, 0.2) is 0 Å². The van der Waals surface area contributed by atoms with Crippen LogP contribution in [-0.2, 0) is 19.0 Å². The standard InChI is InChI=1S/C14H26O4/c1-8-14(6,16-7)13(4,5)12(15)18-10-9-17-11(2)3/h8,11H,1,9-10H2,2-7H3. The van der Waals surface area contributed by atoms with Crippen molar-refractivity contribution in [3.8, 4) is 0 Å². The average Bonchev–Trinajstić information content (AvgIpc) is 2.32. The second kappa shape index (κ2) is 6.90. The van der Waals surface area contributed by atoms with E-state index in [0.29, 0.717) is 6.61 Å². The summed E-state index contributed by atoms with van der Waals surface area (Å²) in [7, 11) is 1.55. The lowest BCUT2D eigenvalue weighted by atomic mass is 9.76. The van der Waals surface area contributed by atoms with Crippen molar-refractivity contribution < 1.29 is 19.0 Å². The number of rotatable bonds is 8. The Kier molecular flexibility index (Phi) is 6.57. The zero-order chi connectivity index (χ0) is 14.4. The zero-order valence-corrected chi connectivity index (χ0v) is 12.4. The lowest BCUT2D eigenvalue weighted by Crippen LogP contribution is -2.48. The molecule has 0 saturated carbocycles. The summed E-state index contributed by atoms with van der Waals surface area (Å²) >= 11 is 0. The molecule has 4 heteroatoms. The van der Waals surface area contributed by atoms with Crippen LogP contribution in [0, 0.1) is 5.41 Å². The Bertz CT molecular complexity index is 284. The zero-order valence-electron chi connectivity index (χ0n) is 12.4. The van der Waals surface area contributed by atoms with E-state index in [-0.39, 0.29) is 18.7 Å². The first-order chi connectivity index (χ1) is 8.21. The summed E-state index contributed by atoms with van der Waals surface area (Å²) in [6, 6.07) is 0. The summed E-state index contributed by atoms with van der Waals surface area (Å²) in [6.45, 7) is 13.6. The fraction of sp³-hybridized carbons (Fsp3) is 0.786. The van der Waals surface area contributed by atoms with Gasteiger partial charge in [0.1, 0.15) is 6.61 Å². The molecule has 1 atom stereocenters. The van der Waals surface area contributed by atoms with Gasteiger partial charge in [-0.2, -0.15) is 0 Å². The van der Waals surface area contributed by atoms with Crippen LogP contribution >= 0.6 is 0 Å². The Morgan fingerprint density at radius 3 is 2.22 bits per heavy atom. The third-order valence-corrected chi connectivity index (χ3v) is 3.33. The van der Waals surface area contributed by atoms with Gasteiger partial charge in [-0.05, 0) is 34.6 Å². The Morgan fingerprint density at radius 1 is 1.28 bits per heavy atom. The molecule has 0 fully saturated rings. The fourth-order valence-corrected chi connectivity index (χ4v) is 1.39. The molecule has 106 valence electrons. The maximum Gasteiger partial charge on any atom is 0.314 e.